The Bertz CT molecular complexity index is 484. The Morgan fingerprint density at radius 2 is 0.585 bits per heavy atom. The largest absolute Gasteiger partial charge is 0.342 e. The third kappa shape index (κ3) is 31.9. The van der Waals surface area contributed by atoms with Gasteiger partial charge in [0.05, 0.1) is 0 Å². The number of unbranched alkanes of at least 4 members (excludes halogenated alkanes) is 30. The zero-order valence-corrected chi connectivity index (χ0v) is 28.6. The summed E-state index contributed by atoms with van der Waals surface area (Å²) < 4.78 is 0. The summed E-state index contributed by atoms with van der Waals surface area (Å²) >= 11 is 0. The van der Waals surface area contributed by atoms with Gasteiger partial charge in [0.25, 0.3) is 0 Å². The van der Waals surface area contributed by atoms with Crippen LogP contribution >= 0.6 is 0 Å². The molecule has 3 nitrogen and oxygen atoms in total. The molecule has 0 aliphatic carbocycles. The van der Waals surface area contributed by atoms with Crippen LogP contribution in [0, 0.1) is 0 Å². The number of carbonyl (C=O) groups is 1. The molecule has 0 unspecified atom stereocenters. The number of aliphatic imine (C=N–C) groups is 1. The molecule has 0 rings (SSSR count). The number of nitrogens with zero attached hydrogens (tertiary/aromatic N) is 2. The van der Waals surface area contributed by atoms with E-state index in [4.69, 9.17) is 0 Å². The van der Waals surface area contributed by atoms with Crippen molar-refractivity contribution in [2.75, 3.05) is 13.1 Å². The fourth-order valence-electron chi connectivity index (χ4n) is 6.10. The second kappa shape index (κ2) is 35.3. The monoisotopic (exact) mass is 577 g/mol. The van der Waals surface area contributed by atoms with Gasteiger partial charge >= 0.3 is 6.03 Å². The Kier molecular flexibility index (Phi) is 34.6. The highest BCUT2D eigenvalue weighted by Crippen LogP contribution is 2.16. The van der Waals surface area contributed by atoms with E-state index in [1.807, 2.05) is 4.90 Å². The van der Waals surface area contributed by atoms with Crippen LogP contribution in [-0.4, -0.2) is 30.7 Å². The van der Waals surface area contributed by atoms with E-state index < -0.39 is 0 Å². The molecule has 0 saturated carbocycles. The van der Waals surface area contributed by atoms with E-state index in [1.165, 1.54) is 193 Å². The molecule has 2 amide bonds. The van der Waals surface area contributed by atoms with E-state index >= 15 is 0 Å². The van der Waals surface area contributed by atoms with Crippen molar-refractivity contribution in [3.05, 3.63) is 0 Å². The smallest absolute Gasteiger partial charge is 0.323 e. The van der Waals surface area contributed by atoms with E-state index in [-0.39, 0.29) is 6.03 Å². The van der Waals surface area contributed by atoms with Crippen molar-refractivity contribution in [2.24, 2.45) is 4.99 Å². The molecule has 0 atom stereocenters. The highest BCUT2D eigenvalue weighted by atomic mass is 16.2. The van der Waals surface area contributed by atoms with Crippen LogP contribution < -0.4 is 0 Å². The fourth-order valence-corrected chi connectivity index (χ4v) is 6.10. The molecule has 0 N–H and O–H groups in total. The predicted octanol–water partition coefficient (Wildman–Crippen LogP) is 13.6. The van der Waals surface area contributed by atoms with Crippen molar-refractivity contribution in [3.8, 4) is 0 Å². The Morgan fingerprint density at radius 3 is 0.780 bits per heavy atom. The summed E-state index contributed by atoms with van der Waals surface area (Å²) in [5, 5.41) is 0. The normalized spacial score (nSPS) is 11.3. The molecule has 0 aliphatic rings. The second-order valence-electron chi connectivity index (χ2n) is 13.0. The average molecular weight is 577 g/mol. The lowest BCUT2D eigenvalue weighted by Gasteiger charge is -2.20. The zero-order chi connectivity index (χ0) is 29.9. The zero-order valence-electron chi connectivity index (χ0n) is 28.6. The summed E-state index contributed by atoms with van der Waals surface area (Å²) in [5.74, 6) is 0. The lowest BCUT2D eigenvalue weighted by atomic mass is 10.0. The molecule has 3 heteroatoms. The molecule has 244 valence electrons. The van der Waals surface area contributed by atoms with Gasteiger partial charge in [0.2, 0.25) is 0 Å². The van der Waals surface area contributed by atoms with Crippen LogP contribution in [0.1, 0.15) is 219 Å². The first-order valence-electron chi connectivity index (χ1n) is 19.0. The summed E-state index contributed by atoms with van der Waals surface area (Å²) in [6, 6.07) is -0.119. The molecule has 0 aliphatic heterocycles. The predicted molar refractivity (Wildman–Crippen MR) is 186 cm³/mol. The lowest BCUT2D eigenvalue weighted by molar-refractivity contribution is 0.205. The van der Waals surface area contributed by atoms with Crippen molar-refractivity contribution in [3.63, 3.8) is 0 Å². The number of carbonyl (C=O) groups excluding carboxylic acids is 1. The van der Waals surface area contributed by atoms with Crippen LogP contribution in [0.5, 0.6) is 0 Å². The highest BCUT2D eigenvalue weighted by molar-refractivity contribution is 5.78. The lowest BCUT2D eigenvalue weighted by Crippen LogP contribution is -2.30. The van der Waals surface area contributed by atoms with Crippen LogP contribution in [0.25, 0.3) is 0 Å². The minimum absolute atomic E-state index is 0.119. The van der Waals surface area contributed by atoms with Crippen molar-refractivity contribution < 1.29 is 4.79 Å². The van der Waals surface area contributed by atoms with E-state index in [1.54, 1.807) is 0 Å². The topological polar surface area (TPSA) is 32.7 Å². The number of urea groups is 1. The van der Waals surface area contributed by atoms with Gasteiger partial charge in [-0.05, 0) is 19.6 Å². The Labute approximate surface area is 259 Å². The molecule has 0 aromatic carbocycles. The molecule has 41 heavy (non-hydrogen) atoms. The molecule has 0 spiro atoms. The van der Waals surface area contributed by atoms with Gasteiger partial charge in [0.15, 0.2) is 0 Å². The molecule has 0 bridgehead atoms. The van der Waals surface area contributed by atoms with Crippen LogP contribution in [-0.2, 0) is 0 Å². The van der Waals surface area contributed by atoms with E-state index in [0.717, 1.165) is 25.9 Å². The molecule has 0 fully saturated rings. The minimum atomic E-state index is -0.119. The molecule has 0 aromatic heterocycles. The second-order valence-corrected chi connectivity index (χ2v) is 13.0. The van der Waals surface area contributed by atoms with Crippen molar-refractivity contribution in [1.29, 1.82) is 0 Å². The third-order valence-electron chi connectivity index (χ3n) is 8.97. The van der Waals surface area contributed by atoms with Gasteiger partial charge in [-0.1, -0.05) is 206 Å². The van der Waals surface area contributed by atoms with Gasteiger partial charge < -0.3 is 4.90 Å². The van der Waals surface area contributed by atoms with Crippen LogP contribution in [0.15, 0.2) is 4.99 Å². The average Bonchev–Trinajstić information content (AvgIpc) is 2.99. The Morgan fingerprint density at radius 1 is 0.390 bits per heavy atom. The first-order chi connectivity index (χ1) is 20.3. The number of amides is 2. The minimum Gasteiger partial charge on any atom is -0.323 e. The number of rotatable bonds is 34. The van der Waals surface area contributed by atoms with Gasteiger partial charge in [-0.15, -0.1) is 0 Å². The van der Waals surface area contributed by atoms with E-state index in [2.05, 4.69) is 25.6 Å². The maximum absolute atomic E-state index is 12.2. The van der Waals surface area contributed by atoms with Crippen molar-refractivity contribution >= 4 is 12.7 Å². The van der Waals surface area contributed by atoms with Crippen LogP contribution in [0.2, 0.25) is 0 Å². The SMILES string of the molecule is C=NC(=O)N(CCCCCCCCCCCCCCCCCC)CCCCCCCCCCCCCCCCCC. The third-order valence-corrected chi connectivity index (χ3v) is 8.97. The quantitative estimate of drug-likeness (QED) is 0.0554. The standard InChI is InChI=1S/C38H76N2O/c1-4-6-8-10-12-14-16-18-20-22-24-26-28-30-32-34-36-40(38(41)39-3)37-35-33-31-29-27-25-23-21-19-17-15-13-11-9-7-5-2/h3-37H2,1-2H3. The summed E-state index contributed by atoms with van der Waals surface area (Å²) in [6.45, 7) is 9.79. The maximum Gasteiger partial charge on any atom is 0.342 e. The molecular weight excluding hydrogens is 500 g/mol. The van der Waals surface area contributed by atoms with Gasteiger partial charge in [-0.3, -0.25) is 0 Å². The van der Waals surface area contributed by atoms with Crippen LogP contribution in [0.4, 0.5) is 4.79 Å². The van der Waals surface area contributed by atoms with Gasteiger partial charge in [-0.25, -0.2) is 9.79 Å². The van der Waals surface area contributed by atoms with Crippen molar-refractivity contribution in [2.45, 2.75) is 219 Å². The molecule has 0 heterocycles. The van der Waals surface area contributed by atoms with Gasteiger partial charge in [-0.2, -0.15) is 0 Å². The Balaban J connectivity index is 3.48. The van der Waals surface area contributed by atoms with E-state index in [0.29, 0.717) is 0 Å². The van der Waals surface area contributed by atoms with Crippen LogP contribution in [0.3, 0.4) is 0 Å². The summed E-state index contributed by atoms with van der Waals surface area (Å²) in [6.07, 6.45) is 44.2. The summed E-state index contributed by atoms with van der Waals surface area (Å²) in [7, 11) is 0. The molecule has 0 aromatic rings. The first-order valence-corrected chi connectivity index (χ1v) is 19.0. The summed E-state index contributed by atoms with van der Waals surface area (Å²) in [5.41, 5.74) is 0. The Hall–Kier alpha value is -0.860. The maximum atomic E-state index is 12.2. The highest BCUT2D eigenvalue weighted by Gasteiger charge is 2.10. The first kappa shape index (κ1) is 40.1. The van der Waals surface area contributed by atoms with E-state index in [9.17, 15) is 4.79 Å². The number of hydrogen-bond donors (Lipinski definition) is 0. The number of hydrogen-bond acceptors (Lipinski definition) is 1. The fraction of sp³-hybridized carbons (Fsp3) is 0.947. The molecule has 0 radical (unpaired) electrons. The summed E-state index contributed by atoms with van der Waals surface area (Å²) in [4.78, 5) is 17.8. The molecule has 0 saturated heterocycles. The van der Waals surface area contributed by atoms with Gasteiger partial charge in [0, 0.05) is 13.1 Å². The van der Waals surface area contributed by atoms with Gasteiger partial charge in [0.1, 0.15) is 0 Å². The molecular formula is C38H76N2O. The van der Waals surface area contributed by atoms with Crippen molar-refractivity contribution in [1.82, 2.24) is 4.90 Å².